The van der Waals surface area contributed by atoms with Gasteiger partial charge in [-0.1, -0.05) is 19.3 Å². The van der Waals surface area contributed by atoms with E-state index >= 15 is 0 Å². The SMILES string of the molecule is CN1CCCC1CNCC1(CO)CCCCC1. The quantitative estimate of drug-likeness (QED) is 0.766. The van der Waals surface area contributed by atoms with Crippen LogP contribution < -0.4 is 5.32 Å². The van der Waals surface area contributed by atoms with Gasteiger partial charge in [-0.2, -0.15) is 0 Å². The summed E-state index contributed by atoms with van der Waals surface area (Å²) in [6.07, 6.45) is 9.03. The number of likely N-dealkylation sites (tertiary alicyclic amines) is 1. The fraction of sp³-hybridized carbons (Fsp3) is 1.00. The minimum absolute atomic E-state index is 0.190. The standard InChI is InChI=1S/C14H28N2O/c1-16-9-5-6-13(16)10-15-11-14(12-17)7-3-2-4-8-14/h13,15,17H,2-12H2,1H3. The topological polar surface area (TPSA) is 35.5 Å². The Morgan fingerprint density at radius 3 is 2.59 bits per heavy atom. The van der Waals surface area contributed by atoms with E-state index in [0.29, 0.717) is 12.6 Å². The van der Waals surface area contributed by atoms with Gasteiger partial charge in [-0.25, -0.2) is 0 Å². The monoisotopic (exact) mass is 240 g/mol. The third-order valence-corrected chi connectivity index (χ3v) is 4.80. The van der Waals surface area contributed by atoms with Crippen LogP contribution in [0.1, 0.15) is 44.9 Å². The fourth-order valence-electron chi connectivity index (χ4n) is 3.43. The van der Waals surface area contributed by atoms with Gasteiger partial charge in [-0.05, 0) is 39.3 Å². The van der Waals surface area contributed by atoms with Crippen LogP contribution in [0.2, 0.25) is 0 Å². The molecular weight excluding hydrogens is 212 g/mol. The number of hydrogen-bond donors (Lipinski definition) is 2. The Balaban J connectivity index is 1.72. The lowest BCUT2D eigenvalue weighted by atomic mass is 9.74. The van der Waals surface area contributed by atoms with E-state index in [1.807, 2.05) is 0 Å². The van der Waals surface area contributed by atoms with E-state index in [4.69, 9.17) is 0 Å². The van der Waals surface area contributed by atoms with Gasteiger partial charge in [0.2, 0.25) is 0 Å². The summed E-state index contributed by atoms with van der Waals surface area (Å²) in [5.74, 6) is 0. The van der Waals surface area contributed by atoms with E-state index in [1.54, 1.807) is 0 Å². The van der Waals surface area contributed by atoms with Crippen molar-refractivity contribution in [2.75, 3.05) is 33.3 Å². The minimum Gasteiger partial charge on any atom is -0.396 e. The van der Waals surface area contributed by atoms with Crippen molar-refractivity contribution in [3.8, 4) is 0 Å². The summed E-state index contributed by atoms with van der Waals surface area (Å²) in [4.78, 5) is 2.46. The molecule has 2 aliphatic rings. The van der Waals surface area contributed by atoms with Gasteiger partial charge < -0.3 is 15.3 Å². The van der Waals surface area contributed by atoms with Gasteiger partial charge in [0.05, 0.1) is 0 Å². The van der Waals surface area contributed by atoms with Gasteiger partial charge in [0, 0.05) is 31.2 Å². The van der Waals surface area contributed by atoms with E-state index in [2.05, 4.69) is 17.3 Å². The molecule has 0 aromatic rings. The summed E-state index contributed by atoms with van der Waals surface area (Å²) >= 11 is 0. The molecule has 3 heteroatoms. The molecule has 100 valence electrons. The zero-order valence-electron chi connectivity index (χ0n) is 11.2. The summed E-state index contributed by atoms with van der Waals surface area (Å²) in [7, 11) is 2.22. The lowest BCUT2D eigenvalue weighted by Gasteiger charge is -2.36. The van der Waals surface area contributed by atoms with Crippen LogP contribution in [0.4, 0.5) is 0 Å². The van der Waals surface area contributed by atoms with Crippen LogP contribution in [0.3, 0.4) is 0 Å². The van der Waals surface area contributed by atoms with Crippen LogP contribution in [0, 0.1) is 5.41 Å². The Labute approximate surface area is 106 Å². The number of aliphatic hydroxyl groups excluding tert-OH is 1. The molecule has 2 N–H and O–H groups in total. The fourth-order valence-corrected chi connectivity index (χ4v) is 3.43. The predicted molar refractivity (Wildman–Crippen MR) is 71.1 cm³/mol. The van der Waals surface area contributed by atoms with Crippen molar-refractivity contribution in [1.82, 2.24) is 10.2 Å². The summed E-state index contributed by atoms with van der Waals surface area (Å²) in [5.41, 5.74) is 0.190. The second-order valence-corrected chi connectivity index (χ2v) is 6.13. The number of aliphatic hydroxyl groups is 1. The lowest BCUT2D eigenvalue weighted by Crippen LogP contribution is -2.43. The van der Waals surface area contributed by atoms with Crippen molar-refractivity contribution in [2.45, 2.75) is 51.0 Å². The molecule has 1 unspecified atom stereocenters. The predicted octanol–water partition coefficient (Wildman–Crippen LogP) is 1.61. The highest BCUT2D eigenvalue weighted by Crippen LogP contribution is 2.35. The molecule has 1 heterocycles. The number of nitrogens with one attached hydrogen (secondary N) is 1. The molecule has 0 amide bonds. The minimum atomic E-state index is 0.190. The van der Waals surface area contributed by atoms with E-state index in [0.717, 1.165) is 13.1 Å². The first-order valence-electron chi connectivity index (χ1n) is 7.28. The van der Waals surface area contributed by atoms with Crippen LogP contribution in [0.5, 0.6) is 0 Å². The Hall–Kier alpha value is -0.120. The average Bonchev–Trinajstić information content (AvgIpc) is 2.76. The molecule has 1 aliphatic heterocycles. The molecular formula is C14H28N2O. The highest BCUT2D eigenvalue weighted by Gasteiger charge is 2.31. The van der Waals surface area contributed by atoms with Crippen molar-refractivity contribution in [2.24, 2.45) is 5.41 Å². The van der Waals surface area contributed by atoms with Gasteiger partial charge in [0.25, 0.3) is 0 Å². The van der Waals surface area contributed by atoms with Crippen molar-refractivity contribution in [1.29, 1.82) is 0 Å². The smallest absolute Gasteiger partial charge is 0.0499 e. The van der Waals surface area contributed by atoms with E-state index < -0.39 is 0 Å². The molecule has 2 fully saturated rings. The van der Waals surface area contributed by atoms with E-state index in [9.17, 15) is 5.11 Å². The maximum Gasteiger partial charge on any atom is 0.0499 e. The Kier molecular flexibility index (Phi) is 4.83. The van der Waals surface area contributed by atoms with E-state index in [-0.39, 0.29) is 5.41 Å². The third-order valence-electron chi connectivity index (χ3n) is 4.80. The third kappa shape index (κ3) is 3.43. The normalized spacial score (nSPS) is 29.6. The first-order chi connectivity index (χ1) is 8.26. The molecule has 3 nitrogen and oxygen atoms in total. The highest BCUT2D eigenvalue weighted by atomic mass is 16.3. The Bertz CT molecular complexity index is 226. The molecule has 1 atom stereocenters. The number of hydrogen-bond acceptors (Lipinski definition) is 3. The van der Waals surface area contributed by atoms with Gasteiger partial charge in [-0.15, -0.1) is 0 Å². The van der Waals surface area contributed by atoms with Gasteiger partial charge in [0.15, 0.2) is 0 Å². The summed E-state index contributed by atoms with van der Waals surface area (Å²) in [6.45, 7) is 3.71. The first-order valence-corrected chi connectivity index (χ1v) is 7.28. The van der Waals surface area contributed by atoms with Crippen LogP contribution in [-0.2, 0) is 0 Å². The second-order valence-electron chi connectivity index (χ2n) is 6.13. The molecule has 0 aromatic heterocycles. The molecule has 1 saturated carbocycles. The number of rotatable bonds is 5. The zero-order chi connectivity index (χ0) is 12.1. The molecule has 1 aliphatic carbocycles. The summed E-state index contributed by atoms with van der Waals surface area (Å²) < 4.78 is 0. The lowest BCUT2D eigenvalue weighted by molar-refractivity contribution is 0.0798. The van der Waals surface area contributed by atoms with Gasteiger partial charge >= 0.3 is 0 Å². The van der Waals surface area contributed by atoms with Crippen molar-refractivity contribution < 1.29 is 5.11 Å². The van der Waals surface area contributed by atoms with E-state index in [1.165, 1.54) is 51.5 Å². The van der Waals surface area contributed by atoms with Crippen LogP contribution in [0.15, 0.2) is 0 Å². The highest BCUT2D eigenvalue weighted by molar-refractivity contribution is 4.86. The zero-order valence-corrected chi connectivity index (χ0v) is 11.2. The largest absolute Gasteiger partial charge is 0.396 e. The van der Waals surface area contributed by atoms with Gasteiger partial charge in [-0.3, -0.25) is 0 Å². The molecule has 0 bridgehead atoms. The maximum atomic E-state index is 9.64. The number of nitrogens with zero attached hydrogens (tertiary/aromatic N) is 1. The molecule has 1 saturated heterocycles. The molecule has 0 radical (unpaired) electrons. The average molecular weight is 240 g/mol. The van der Waals surface area contributed by atoms with Crippen molar-refractivity contribution in [3.05, 3.63) is 0 Å². The second kappa shape index (κ2) is 6.17. The Morgan fingerprint density at radius 1 is 1.24 bits per heavy atom. The van der Waals surface area contributed by atoms with Crippen LogP contribution in [-0.4, -0.2) is 49.3 Å². The number of likely N-dealkylation sites (N-methyl/N-ethyl adjacent to an activating group) is 1. The molecule has 0 aromatic carbocycles. The van der Waals surface area contributed by atoms with Gasteiger partial charge in [0.1, 0.15) is 0 Å². The van der Waals surface area contributed by atoms with Crippen molar-refractivity contribution >= 4 is 0 Å². The molecule has 0 spiro atoms. The van der Waals surface area contributed by atoms with Crippen LogP contribution in [0.25, 0.3) is 0 Å². The summed E-state index contributed by atoms with van der Waals surface area (Å²) in [6, 6.07) is 0.717. The molecule has 2 rings (SSSR count). The van der Waals surface area contributed by atoms with Crippen LogP contribution >= 0.6 is 0 Å². The summed E-state index contributed by atoms with van der Waals surface area (Å²) in [5, 5.41) is 13.3. The maximum absolute atomic E-state index is 9.64. The van der Waals surface area contributed by atoms with Crippen molar-refractivity contribution in [3.63, 3.8) is 0 Å². The Morgan fingerprint density at radius 2 is 2.00 bits per heavy atom. The molecule has 17 heavy (non-hydrogen) atoms. The first kappa shape index (κ1) is 13.3.